The van der Waals surface area contributed by atoms with Crippen molar-refractivity contribution in [1.29, 1.82) is 0 Å². The smallest absolute Gasteiger partial charge is 0.253 e. The molecule has 2 heterocycles. The number of carbonyl (C=O) groups is 2. The van der Waals surface area contributed by atoms with Crippen LogP contribution in [-0.2, 0) is 4.79 Å². The number of ether oxygens (including phenoxy) is 1. The van der Waals surface area contributed by atoms with E-state index in [0.29, 0.717) is 42.4 Å². The number of nitrogens with one attached hydrogen (secondary N) is 1. The minimum absolute atomic E-state index is 0.00891. The van der Waals surface area contributed by atoms with Gasteiger partial charge in [0, 0.05) is 29.0 Å². The van der Waals surface area contributed by atoms with E-state index in [-0.39, 0.29) is 17.7 Å². The first-order valence-corrected chi connectivity index (χ1v) is 11.0. The summed E-state index contributed by atoms with van der Waals surface area (Å²) in [6, 6.07) is 13.1. The van der Waals surface area contributed by atoms with Gasteiger partial charge in [0.1, 0.15) is 11.3 Å². The highest BCUT2D eigenvalue weighted by Gasteiger charge is 2.28. The molecule has 1 N–H and O–H groups in total. The molecule has 0 spiro atoms. The third-order valence-corrected chi connectivity index (χ3v) is 6.54. The summed E-state index contributed by atoms with van der Waals surface area (Å²) in [5.74, 6) is 0.533. The predicted octanol–water partition coefficient (Wildman–Crippen LogP) is 4.56. The first-order chi connectivity index (χ1) is 14.0. The van der Waals surface area contributed by atoms with Crippen LogP contribution >= 0.6 is 27.3 Å². The molecule has 0 bridgehead atoms. The quantitative estimate of drug-likeness (QED) is 0.602. The minimum atomic E-state index is -0.127. The van der Waals surface area contributed by atoms with Gasteiger partial charge in [0.05, 0.1) is 11.8 Å². The van der Waals surface area contributed by atoms with Crippen molar-refractivity contribution in [3.63, 3.8) is 0 Å². The predicted molar refractivity (Wildman–Crippen MR) is 118 cm³/mol. The molecular weight excluding hydrogens is 454 g/mol. The number of nitrogens with zero attached hydrogens (tertiary/aromatic N) is 2. The highest BCUT2D eigenvalue weighted by Crippen LogP contribution is 2.32. The van der Waals surface area contributed by atoms with Gasteiger partial charge in [-0.05, 0) is 49.2 Å². The second-order valence-electron chi connectivity index (χ2n) is 6.89. The van der Waals surface area contributed by atoms with E-state index in [1.165, 1.54) is 11.3 Å². The highest BCUT2D eigenvalue weighted by atomic mass is 79.9. The Morgan fingerprint density at radius 3 is 2.59 bits per heavy atom. The van der Waals surface area contributed by atoms with Crippen LogP contribution in [0.3, 0.4) is 0 Å². The maximum absolute atomic E-state index is 12.7. The minimum Gasteiger partial charge on any atom is -0.494 e. The molecule has 0 saturated carbocycles. The van der Waals surface area contributed by atoms with Gasteiger partial charge in [0.2, 0.25) is 5.91 Å². The van der Waals surface area contributed by atoms with Gasteiger partial charge in [-0.1, -0.05) is 33.3 Å². The summed E-state index contributed by atoms with van der Waals surface area (Å²) < 4.78 is 7.24. The number of hydrogen-bond donors (Lipinski definition) is 1. The molecule has 2 aromatic carbocycles. The van der Waals surface area contributed by atoms with E-state index in [1.54, 1.807) is 7.11 Å². The fourth-order valence-corrected chi connectivity index (χ4v) is 4.62. The zero-order valence-corrected chi connectivity index (χ0v) is 18.3. The second-order valence-corrected chi connectivity index (χ2v) is 8.83. The van der Waals surface area contributed by atoms with Crippen LogP contribution in [-0.4, -0.2) is 41.9 Å². The summed E-state index contributed by atoms with van der Waals surface area (Å²) in [7, 11) is 1.61. The molecule has 3 aromatic rings. The first kappa shape index (κ1) is 19.8. The number of benzene rings is 2. The number of hydrogen-bond acceptors (Lipinski definition) is 5. The number of anilines is 1. The number of likely N-dealkylation sites (tertiary alicyclic amines) is 1. The van der Waals surface area contributed by atoms with Crippen LogP contribution in [0.2, 0.25) is 0 Å². The van der Waals surface area contributed by atoms with Crippen LogP contribution in [0, 0.1) is 5.92 Å². The summed E-state index contributed by atoms with van der Waals surface area (Å²) >= 11 is 4.81. The van der Waals surface area contributed by atoms with E-state index in [4.69, 9.17) is 4.74 Å². The topological polar surface area (TPSA) is 71.5 Å². The number of para-hydroxylation sites is 1. The average Bonchev–Trinajstić information content (AvgIpc) is 3.16. The highest BCUT2D eigenvalue weighted by molar-refractivity contribution is 9.10. The van der Waals surface area contributed by atoms with Gasteiger partial charge in [-0.25, -0.2) is 4.98 Å². The average molecular weight is 474 g/mol. The van der Waals surface area contributed by atoms with Gasteiger partial charge in [-0.3, -0.25) is 9.59 Å². The van der Waals surface area contributed by atoms with E-state index in [0.717, 1.165) is 14.7 Å². The van der Waals surface area contributed by atoms with Crippen molar-refractivity contribution in [1.82, 2.24) is 9.88 Å². The molecule has 1 aliphatic rings. The molecule has 0 unspecified atom stereocenters. The number of aromatic nitrogens is 1. The van der Waals surface area contributed by atoms with Crippen molar-refractivity contribution in [2.24, 2.45) is 5.92 Å². The van der Waals surface area contributed by atoms with Gasteiger partial charge < -0.3 is 15.0 Å². The third kappa shape index (κ3) is 4.28. The molecular formula is C21H20BrN3O3S. The van der Waals surface area contributed by atoms with Crippen LogP contribution in [0.15, 0.2) is 46.9 Å². The molecule has 29 heavy (non-hydrogen) atoms. The van der Waals surface area contributed by atoms with Crippen LogP contribution in [0.4, 0.5) is 5.13 Å². The lowest BCUT2D eigenvalue weighted by molar-refractivity contribution is -0.121. The van der Waals surface area contributed by atoms with Gasteiger partial charge in [-0.15, -0.1) is 0 Å². The van der Waals surface area contributed by atoms with Crippen LogP contribution in [0.5, 0.6) is 5.75 Å². The largest absolute Gasteiger partial charge is 0.494 e. The molecule has 1 saturated heterocycles. The summed E-state index contributed by atoms with van der Waals surface area (Å²) in [5, 5.41) is 3.51. The molecule has 150 valence electrons. The van der Waals surface area contributed by atoms with E-state index in [2.05, 4.69) is 26.2 Å². The molecule has 1 fully saturated rings. The third-order valence-electron chi connectivity index (χ3n) is 5.08. The summed E-state index contributed by atoms with van der Waals surface area (Å²) in [5.41, 5.74) is 1.42. The Labute approximate surface area is 181 Å². The fraction of sp³-hybridized carbons (Fsp3) is 0.286. The summed E-state index contributed by atoms with van der Waals surface area (Å²) in [4.78, 5) is 31.6. The molecule has 1 aliphatic heterocycles. The van der Waals surface area contributed by atoms with Crippen molar-refractivity contribution in [3.05, 3.63) is 52.5 Å². The van der Waals surface area contributed by atoms with E-state index in [1.807, 2.05) is 47.4 Å². The van der Waals surface area contributed by atoms with Crippen molar-refractivity contribution in [2.75, 3.05) is 25.5 Å². The maximum atomic E-state index is 12.7. The monoisotopic (exact) mass is 473 g/mol. The van der Waals surface area contributed by atoms with Crippen molar-refractivity contribution >= 4 is 54.4 Å². The Bertz CT molecular complexity index is 1040. The lowest BCUT2D eigenvalue weighted by Crippen LogP contribution is -2.41. The number of piperidine rings is 1. The Kier molecular flexibility index (Phi) is 5.82. The zero-order chi connectivity index (χ0) is 20.4. The van der Waals surface area contributed by atoms with Gasteiger partial charge in [0.15, 0.2) is 5.13 Å². The fourth-order valence-electron chi connectivity index (χ4n) is 3.47. The van der Waals surface area contributed by atoms with Crippen molar-refractivity contribution in [3.8, 4) is 5.75 Å². The molecule has 6 nitrogen and oxygen atoms in total. The Hall–Kier alpha value is -2.45. The zero-order valence-electron chi connectivity index (χ0n) is 15.9. The lowest BCUT2D eigenvalue weighted by atomic mass is 9.95. The molecule has 2 amide bonds. The van der Waals surface area contributed by atoms with Crippen LogP contribution in [0.25, 0.3) is 10.2 Å². The van der Waals surface area contributed by atoms with E-state index >= 15 is 0 Å². The number of fused-ring (bicyclic) bond motifs is 1. The Balaban J connectivity index is 1.37. The lowest BCUT2D eigenvalue weighted by Gasteiger charge is -2.31. The van der Waals surface area contributed by atoms with Crippen LogP contribution < -0.4 is 10.1 Å². The normalized spacial score (nSPS) is 14.8. The number of methoxy groups -OCH3 is 1. The molecule has 4 rings (SSSR count). The maximum Gasteiger partial charge on any atom is 0.253 e. The number of halogens is 1. The molecule has 0 radical (unpaired) electrons. The van der Waals surface area contributed by atoms with Crippen molar-refractivity contribution < 1.29 is 14.3 Å². The Morgan fingerprint density at radius 2 is 1.90 bits per heavy atom. The van der Waals surface area contributed by atoms with Crippen LogP contribution in [0.1, 0.15) is 23.2 Å². The Morgan fingerprint density at radius 1 is 1.17 bits per heavy atom. The molecule has 0 atom stereocenters. The first-order valence-electron chi connectivity index (χ1n) is 9.34. The molecule has 0 aliphatic carbocycles. The summed E-state index contributed by atoms with van der Waals surface area (Å²) in [6.07, 6.45) is 1.28. The number of thiazole rings is 1. The second kappa shape index (κ2) is 8.51. The van der Waals surface area contributed by atoms with E-state index in [9.17, 15) is 9.59 Å². The molecule has 8 heteroatoms. The summed E-state index contributed by atoms with van der Waals surface area (Å²) in [6.45, 7) is 1.14. The number of rotatable bonds is 4. The molecule has 1 aromatic heterocycles. The number of carbonyl (C=O) groups excluding carboxylic acids is 2. The van der Waals surface area contributed by atoms with Gasteiger partial charge in [0.25, 0.3) is 5.91 Å². The standard InChI is InChI=1S/C21H20BrN3O3S/c1-28-16-3-2-4-17-18(16)23-21(29-17)24-19(26)13-9-11-25(12-10-13)20(27)14-5-7-15(22)8-6-14/h2-8,13H,9-12H2,1H3,(H,23,24,26). The van der Waals surface area contributed by atoms with Gasteiger partial charge in [-0.2, -0.15) is 0 Å². The van der Waals surface area contributed by atoms with Crippen molar-refractivity contribution in [2.45, 2.75) is 12.8 Å². The van der Waals surface area contributed by atoms with Gasteiger partial charge >= 0.3 is 0 Å². The van der Waals surface area contributed by atoms with E-state index < -0.39 is 0 Å². The number of amides is 2. The SMILES string of the molecule is COc1cccc2sc(NC(=O)C3CCN(C(=O)c4ccc(Br)cc4)CC3)nc12.